The van der Waals surface area contributed by atoms with Gasteiger partial charge >= 0.3 is 0 Å². The van der Waals surface area contributed by atoms with Crippen molar-refractivity contribution in [1.29, 1.82) is 0 Å². The molecule has 1 aromatic carbocycles. The molecule has 0 aliphatic rings. The Morgan fingerprint density at radius 1 is 1.43 bits per heavy atom. The second kappa shape index (κ2) is 5.95. The number of hydrogen-bond acceptors (Lipinski definition) is 5. The zero-order chi connectivity index (χ0) is 15.5. The van der Waals surface area contributed by atoms with Gasteiger partial charge in [0.05, 0.1) is 12.2 Å². The lowest BCUT2D eigenvalue weighted by Gasteiger charge is -2.06. The van der Waals surface area contributed by atoms with E-state index in [9.17, 15) is 12.8 Å². The Morgan fingerprint density at radius 2 is 2.19 bits per heavy atom. The fraction of sp³-hybridized carbons (Fsp3) is 0.154. The normalized spacial score (nSPS) is 10.8. The molecule has 0 unspecified atom stereocenters. The highest BCUT2D eigenvalue weighted by Crippen LogP contribution is 2.20. The number of anilines is 1. The quantitative estimate of drug-likeness (QED) is 0.831. The fourth-order valence-corrected chi connectivity index (χ4v) is 2.58. The maximum atomic E-state index is 13.9. The summed E-state index contributed by atoms with van der Waals surface area (Å²) in [5.41, 5.74) is 6.05. The molecule has 110 valence electrons. The Bertz CT molecular complexity index is 819. The van der Waals surface area contributed by atoms with Crippen LogP contribution in [0.1, 0.15) is 11.3 Å². The Hall–Kier alpha value is -2.37. The number of aromatic nitrogens is 1. The average molecular weight is 309 g/mol. The van der Waals surface area contributed by atoms with Gasteiger partial charge in [-0.2, -0.15) is 0 Å². The SMILES string of the molecule is Cc1cc(NS(=O)(=O)c2ccc(C#CCN)cc2F)on1. The second-order valence-electron chi connectivity index (χ2n) is 4.09. The number of benzene rings is 1. The average Bonchev–Trinajstić information content (AvgIpc) is 2.80. The van der Waals surface area contributed by atoms with Crippen LogP contribution < -0.4 is 10.5 Å². The highest BCUT2D eigenvalue weighted by atomic mass is 32.2. The van der Waals surface area contributed by atoms with Gasteiger partial charge < -0.3 is 10.3 Å². The van der Waals surface area contributed by atoms with Crippen molar-refractivity contribution in [2.24, 2.45) is 5.73 Å². The van der Waals surface area contributed by atoms with E-state index in [-0.39, 0.29) is 12.4 Å². The minimum atomic E-state index is -4.10. The Kier molecular flexibility index (Phi) is 4.26. The third kappa shape index (κ3) is 3.59. The molecule has 0 fully saturated rings. The first-order valence-corrected chi connectivity index (χ1v) is 7.35. The zero-order valence-electron chi connectivity index (χ0n) is 11.1. The molecular formula is C13H12FN3O3S. The van der Waals surface area contributed by atoms with E-state index >= 15 is 0 Å². The van der Waals surface area contributed by atoms with E-state index < -0.39 is 20.7 Å². The lowest BCUT2D eigenvalue weighted by molar-refractivity contribution is 0.430. The molecule has 3 N–H and O–H groups in total. The van der Waals surface area contributed by atoms with Crippen LogP contribution in [0.2, 0.25) is 0 Å². The third-order valence-corrected chi connectivity index (χ3v) is 3.80. The Balaban J connectivity index is 2.32. The van der Waals surface area contributed by atoms with Gasteiger partial charge in [-0.3, -0.25) is 0 Å². The Morgan fingerprint density at radius 3 is 2.76 bits per heavy atom. The summed E-state index contributed by atoms with van der Waals surface area (Å²) in [5, 5.41) is 3.54. The van der Waals surface area contributed by atoms with Crippen LogP contribution >= 0.6 is 0 Å². The molecule has 1 heterocycles. The van der Waals surface area contributed by atoms with Crippen molar-refractivity contribution in [3.63, 3.8) is 0 Å². The molecule has 1 aromatic heterocycles. The number of halogens is 1. The van der Waals surface area contributed by atoms with Crippen LogP contribution in [0.4, 0.5) is 10.3 Å². The van der Waals surface area contributed by atoms with E-state index in [0.717, 1.165) is 12.1 Å². The predicted octanol–water partition coefficient (Wildman–Crippen LogP) is 1.23. The molecule has 2 rings (SSSR count). The topological polar surface area (TPSA) is 98.2 Å². The number of rotatable bonds is 3. The number of nitrogens with zero attached hydrogens (tertiary/aromatic N) is 1. The van der Waals surface area contributed by atoms with Crippen molar-refractivity contribution < 1.29 is 17.3 Å². The van der Waals surface area contributed by atoms with Gasteiger partial charge in [0, 0.05) is 11.6 Å². The molecule has 21 heavy (non-hydrogen) atoms. The van der Waals surface area contributed by atoms with Crippen molar-refractivity contribution in [2.45, 2.75) is 11.8 Å². The molecule has 2 aromatic rings. The molecule has 0 aliphatic carbocycles. The lowest BCUT2D eigenvalue weighted by atomic mass is 10.2. The van der Waals surface area contributed by atoms with Crippen LogP contribution in [0.5, 0.6) is 0 Å². The summed E-state index contributed by atoms with van der Waals surface area (Å²) < 4.78 is 44.9. The minimum Gasteiger partial charge on any atom is -0.338 e. The highest BCUT2D eigenvalue weighted by Gasteiger charge is 2.21. The molecule has 0 bridgehead atoms. The molecule has 0 saturated heterocycles. The summed E-state index contributed by atoms with van der Waals surface area (Å²) in [4.78, 5) is -0.505. The van der Waals surface area contributed by atoms with Gasteiger partial charge in [0.15, 0.2) is 0 Å². The van der Waals surface area contributed by atoms with Crippen molar-refractivity contribution in [1.82, 2.24) is 5.16 Å². The zero-order valence-corrected chi connectivity index (χ0v) is 11.9. The number of hydrogen-bond donors (Lipinski definition) is 2. The van der Waals surface area contributed by atoms with Gasteiger partial charge in [0.25, 0.3) is 10.0 Å². The first kappa shape index (κ1) is 15.0. The maximum absolute atomic E-state index is 13.9. The van der Waals surface area contributed by atoms with E-state index in [0.29, 0.717) is 11.3 Å². The molecule has 0 radical (unpaired) electrons. The summed E-state index contributed by atoms with van der Waals surface area (Å²) in [6.07, 6.45) is 0. The first-order chi connectivity index (χ1) is 9.92. The summed E-state index contributed by atoms with van der Waals surface area (Å²) in [6.45, 7) is 1.76. The van der Waals surface area contributed by atoms with Crippen LogP contribution in [0.3, 0.4) is 0 Å². The number of nitrogens with two attached hydrogens (primary N) is 1. The van der Waals surface area contributed by atoms with Crippen molar-refractivity contribution in [3.05, 3.63) is 41.3 Å². The molecule has 0 spiro atoms. The van der Waals surface area contributed by atoms with Crippen molar-refractivity contribution in [3.8, 4) is 11.8 Å². The van der Waals surface area contributed by atoms with Crippen LogP contribution in [-0.2, 0) is 10.0 Å². The van der Waals surface area contributed by atoms with E-state index in [2.05, 4.69) is 21.7 Å². The molecule has 0 atom stereocenters. The van der Waals surface area contributed by atoms with E-state index in [1.54, 1.807) is 6.92 Å². The summed E-state index contributed by atoms with van der Waals surface area (Å²) >= 11 is 0. The third-order valence-electron chi connectivity index (χ3n) is 2.42. The number of nitrogens with one attached hydrogen (secondary N) is 1. The summed E-state index contributed by atoms with van der Waals surface area (Å²) in [6, 6.07) is 4.94. The molecule has 6 nitrogen and oxygen atoms in total. The Labute approximate surface area is 121 Å². The van der Waals surface area contributed by atoms with Gasteiger partial charge in [0.1, 0.15) is 10.7 Å². The van der Waals surface area contributed by atoms with E-state index in [4.69, 9.17) is 10.3 Å². The molecule has 0 amide bonds. The summed E-state index contributed by atoms with van der Waals surface area (Å²) in [5.74, 6) is 4.17. The van der Waals surface area contributed by atoms with Crippen molar-refractivity contribution >= 4 is 15.9 Å². The van der Waals surface area contributed by atoms with Gasteiger partial charge in [0.2, 0.25) is 5.88 Å². The van der Waals surface area contributed by atoms with Crippen LogP contribution in [0.15, 0.2) is 33.7 Å². The maximum Gasteiger partial charge on any atom is 0.267 e. The molecular weight excluding hydrogens is 297 g/mol. The smallest absolute Gasteiger partial charge is 0.267 e. The summed E-state index contributed by atoms with van der Waals surface area (Å²) in [7, 11) is -4.10. The number of sulfonamides is 1. The highest BCUT2D eigenvalue weighted by molar-refractivity contribution is 7.92. The second-order valence-corrected chi connectivity index (χ2v) is 5.74. The van der Waals surface area contributed by atoms with Gasteiger partial charge in [-0.15, -0.1) is 0 Å². The standard InChI is InChI=1S/C13H12FN3O3S/c1-9-7-13(20-16-9)17-21(18,19)12-5-4-10(3-2-6-15)8-11(12)14/h4-5,7-8,17H,6,15H2,1H3. The van der Waals surface area contributed by atoms with Crippen LogP contribution in [0.25, 0.3) is 0 Å². The van der Waals surface area contributed by atoms with E-state index in [1.807, 2.05) is 0 Å². The van der Waals surface area contributed by atoms with Gasteiger partial charge in [-0.25, -0.2) is 17.5 Å². The lowest BCUT2D eigenvalue weighted by Crippen LogP contribution is -2.14. The van der Waals surface area contributed by atoms with E-state index in [1.165, 1.54) is 12.1 Å². The van der Waals surface area contributed by atoms with Gasteiger partial charge in [-0.1, -0.05) is 17.0 Å². The molecule has 0 saturated carbocycles. The fourth-order valence-electron chi connectivity index (χ4n) is 1.55. The molecule has 8 heteroatoms. The monoisotopic (exact) mass is 309 g/mol. The van der Waals surface area contributed by atoms with Crippen LogP contribution in [-0.4, -0.2) is 20.1 Å². The van der Waals surface area contributed by atoms with Crippen LogP contribution in [0, 0.1) is 24.6 Å². The predicted molar refractivity (Wildman–Crippen MR) is 74.4 cm³/mol. The molecule has 0 aliphatic heterocycles. The van der Waals surface area contributed by atoms with Gasteiger partial charge in [-0.05, 0) is 25.1 Å². The number of aryl methyl sites for hydroxylation is 1. The largest absolute Gasteiger partial charge is 0.338 e. The minimum absolute atomic E-state index is 0.0844. The first-order valence-electron chi connectivity index (χ1n) is 5.87. The van der Waals surface area contributed by atoms with Crippen molar-refractivity contribution in [2.75, 3.05) is 11.3 Å².